The predicted molar refractivity (Wildman–Crippen MR) is 50.8 cm³/mol. The van der Waals surface area contributed by atoms with Crippen molar-refractivity contribution in [2.24, 2.45) is 5.84 Å². The predicted octanol–water partition coefficient (Wildman–Crippen LogP) is 0.621. The molecule has 0 aliphatic carbocycles. The second-order valence-electron chi connectivity index (χ2n) is 2.87. The van der Waals surface area contributed by atoms with Crippen LogP contribution in [0.4, 0.5) is 0 Å². The fourth-order valence-corrected chi connectivity index (χ4v) is 1.20. The number of nitrogens with one attached hydrogen (secondary N) is 1. The Morgan fingerprint density at radius 1 is 1.62 bits per heavy atom. The van der Waals surface area contributed by atoms with Crippen LogP contribution < -0.4 is 11.3 Å². The summed E-state index contributed by atoms with van der Waals surface area (Å²) in [6, 6.07) is 3.83. The maximum Gasteiger partial charge on any atom is 0.0751 e. The lowest BCUT2D eigenvalue weighted by atomic mass is 10.1. The molecule has 0 radical (unpaired) electrons. The number of pyridine rings is 1. The molecular weight excluding hydrogens is 166 g/mol. The SMILES string of the molecule is COC(C)C(NN)c1cccnc1. The van der Waals surface area contributed by atoms with Gasteiger partial charge in [0.15, 0.2) is 0 Å². The van der Waals surface area contributed by atoms with Gasteiger partial charge in [0.05, 0.1) is 12.1 Å². The van der Waals surface area contributed by atoms with E-state index in [-0.39, 0.29) is 12.1 Å². The maximum atomic E-state index is 5.42. The fourth-order valence-electron chi connectivity index (χ4n) is 1.20. The first kappa shape index (κ1) is 10.1. The molecule has 1 rings (SSSR count). The molecule has 1 aromatic rings. The molecular formula is C9H15N3O. The first-order valence-electron chi connectivity index (χ1n) is 4.18. The van der Waals surface area contributed by atoms with E-state index in [2.05, 4.69) is 10.4 Å². The third-order valence-electron chi connectivity index (χ3n) is 2.06. The van der Waals surface area contributed by atoms with E-state index < -0.39 is 0 Å². The summed E-state index contributed by atoms with van der Waals surface area (Å²) in [5.74, 6) is 5.42. The zero-order valence-corrected chi connectivity index (χ0v) is 7.90. The molecule has 1 aromatic heterocycles. The highest BCUT2D eigenvalue weighted by Crippen LogP contribution is 2.16. The number of hydrazine groups is 1. The fraction of sp³-hybridized carbons (Fsp3) is 0.444. The normalized spacial score (nSPS) is 15.3. The monoisotopic (exact) mass is 181 g/mol. The van der Waals surface area contributed by atoms with Crippen LogP contribution in [0.1, 0.15) is 18.5 Å². The minimum atomic E-state index is -0.0151. The van der Waals surface area contributed by atoms with Gasteiger partial charge in [-0.2, -0.15) is 0 Å². The molecule has 4 heteroatoms. The highest BCUT2D eigenvalue weighted by molar-refractivity contribution is 5.14. The van der Waals surface area contributed by atoms with Crippen molar-refractivity contribution >= 4 is 0 Å². The topological polar surface area (TPSA) is 60.2 Å². The number of nitrogens with two attached hydrogens (primary N) is 1. The maximum absolute atomic E-state index is 5.42. The first-order chi connectivity index (χ1) is 6.29. The van der Waals surface area contributed by atoms with Crippen LogP contribution in [-0.2, 0) is 4.74 Å². The molecule has 0 saturated heterocycles. The van der Waals surface area contributed by atoms with E-state index >= 15 is 0 Å². The molecule has 72 valence electrons. The molecule has 2 atom stereocenters. The van der Waals surface area contributed by atoms with Gasteiger partial charge in [-0.05, 0) is 18.6 Å². The molecule has 4 nitrogen and oxygen atoms in total. The molecule has 0 spiro atoms. The average molecular weight is 181 g/mol. The van der Waals surface area contributed by atoms with Crippen LogP contribution in [0.15, 0.2) is 24.5 Å². The number of hydrogen-bond donors (Lipinski definition) is 2. The number of aromatic nitrogens is 1. The summed E-state index contributed by atoms with van der Waals surface area (Å²) in [7, 11) is 1.66. The summed E-state index contributed by atoms with van der Waals surface area (Å²) in [6.07, 6.45) is 3.53. The van der Waals surface area contributed by atoms with E-state index in [1.54, 1.807) is 19.5 Å². The third kappa shape index (κ3) is 2.48. The lowest BCUT2D eigenvalue weighted by Crippen LogP contribution is -2.36. The molecule has 2 unspecified atom stereocenters. The Morgan fingerprint density at radius 3 is 2.85 bits per heavy atom. The van der Waals surface area contributed by atoms with Crippen molar-refractivity contribution in [1.29, 1.82) is 0 Å². The number of hydrogen-bond acceptors (Lipinski definition) is 4. The standard InChI is InChI=1S/C9H15N3O/c1-7(13-2)9(12-10)8-4-3-5-11-6-8/h3-7,9,12H,10H2,1-2H3. The number of nitrogens with zero attached hydrogens (tertiary/aromatic N) is 1. The Labute approximate surface area is 78.1 Å². The van der Waals surface area contributed by atoms with Gasteiger partial charge < -0.3 is 4.74 Å². The second kappa shape index (κ2) is 4.91. The van der Waals surface area contributed by atoms with E-state index in [0.717, 1.165) is 5.56 Å². The summed E-state index contributed by atoms with van der Waals surface area (Å²) in [4.78, 5) is 4.02. The van der Waals surface area contributed by atoms with E-state index in [9.17, 15) is 0 Å². The van der Waals surface area contributed by atoms with Gasteiger partial charge in [-0.1, -0.05) is 6.07 Å². The van der Waals surface area contributed by atoms with Gasteiger partial charge in [-0.15, -0.1) is 0 Å². The van der Waals surface area contributed by atoms with Gasteiger partial charge in [-0.3, -0.25) is 16.3 Å². The van der Waals surface area contributed by atoms with Crippen LogP contribution in [0.3, 0.4) is 0 Å². The molecule has 0 fully saturated rings. The third-order valence-corrected chi connectivity index (χ3v) is 2.06. The Balaban J connectivity index is 2.78. The lowest BCUT2D eigenvalue weighted by Gasteiger charge is -2.21. The second-order valence-corrected chi connectivity index (χ2v) is 2.87. The van der Waals surface area contributed by atoms with Crippen molar-refractivity contribution in [1.82, 2.24) is 10.4 Å². The van der Waals surface area contributed by atoms with Crippen molar-refractivity contribution in [3.05, 3.63) is 30.1 Å². The Bertz CT molecular complexity index is 240. The Hall–Kier alpha value is -0.970. The molecule has 1 heterocycles. The highest BCUT2D eigenvalue weighted by atomic mass is 16.5. The van der Waals surface area contributed by atoms with Gasteiger partial charge in [0.25, 0.3) is 0 Å². The molecule has 0 amide bonds. The highest BCUT2D eigenvalue weighted by Gasteiger charge is 2.16. The number of methoxy groups -OCH3 is 1. The van der Waals surface area contributed by atoms with Crippen molar-refractivity contribution in [2.75, 3.05) is 7.11 Å². The van der Waals surface area contributed by atoms with Crippen molar-refractivity contribution in [3.63, 3.8) is 0 Å². The zero-order chi connectivity index (χ0) is 9.68. The molecule has 0 aliphatic heterocycles. The summed E-state index contributed by atoms with van der Waals surface area (Å²) < 4.78 is 5.19. The minimum Gasteiger partial charge on any atom is -0.380 e. The summed E-state index contributed by atoms with van der Waals surface area (Å²) >= 11 is 0. The lowest BCUT2D eigenvalue weighted by molar-refractivity contribution is 0.0830. The quantitative estimate of drug-likeness (QED) is 0.528. The van der Waals surface area contributed by atoms with Gasteiger partial charge in [-0.25, -0.2) is 0 Å². The zero-order valence-electron chi connectivity index (χ0n) is 7.90. The number of ether oxygens (including phenoxy) is 1. The van der Waals surface area contributed by atoms with Crippen LogP contribution in [0.5, 0.6) is 0 Å². The van der Waals surface area contributed by atoms with Crippen LogP contribution in [0.25, 0.3) is 0 Å². The molecule has 0 aliphatic rings. The van der Waals surface area contributed by atoms with Gasteiger partial charge in [0.2, 0.25) is 0 Å². The van der Waals surface area contributed by atoms with E-state index in [0.29, 0.717) is 0 Å². The van der Waals surface area contributed by atoms with Crippen molar-refractivity contribution in [2.45, 2.75) is 19.1 Å². The first-order valence-corrected chi connectivity index (χ1v) is 4.18. The smallest absolute Gasteiger partial charge is 0.0751 e. The van der Waals surface area contributed by atoms with Gasteiger partial charge in [0, 0.05) is 19.5 Å². The van der Waals surface area contributed by atoms with Crippen molar-refractivity contribution < 1.29 is 4.74 Å². The van der Waals surface area contributed by atoms with Crippen LogP contribution in [0, 0.1) is 0 Å². The molecule has 0 saturated carbocycles. The Kier molecular flexibility index (Phi) is 3.82. The van der Waals surface area contributed by atoms with Crippen LogP contribution >= 0.6 is 0 Å². The molecule has 13 heavy (non-hydrogen) atoms. The molecule has 3 N–H and O–H groups in total. The summed E-state index contributed by atoms with van der Waals surface area (Å²) in [5, 5.41) is 0. The van der Waals surface area contributed by atoms with Crippen molar-refractivity contribution in [3.8, 4) is 0 Å². The van der Waals surface area contributed by atoms with E-state index in [4.69, 9.17) is 10.6 Å². The van der Waals surface area contributed by atoms with E-state index in [1.807, 2.05) is 19.1 Å². The Morgan fingerprint density at radius 2 is 2.38 bits per heavy atom. The van der Waals surface area contributed by atoms with Gasteiger partial charge in [0.1, 0.15) is 0 Å². The largest absolute Gasteiger partial charge is 0.380 e. The number of rotatable bonds is 4. The van der Waals surface area contributed by atoms with Gasteiger partial charge >= 0.3 is 0 Å². The molecule has 0 aromatic carbocycles. The van der Waals surface area contributed by atoms with Crippen LogP contribution in [0.2, 0.25) is 0 Å². The summed E-state index contributed by atoms with van der Waals surface area (Å²) in [5.41, 5.74) is 3.73. The summed E-state index contributed by atoms with van der Waals surface area (Å²) in [6.45, 7) is 1.96. The van der Waals surface area contributed by atoms with Crippen LogP contribution in [-0.4, -0.2) is 18.2 Å². The average Bonchev–Trinajstić information content (AvgIpc) is 2.20. The minimum absolute atomic E-state index is 0.0151. The van der Waals surface area contributed by atoms with E-state index in [1.165, 1.54) is 0 Å². The molecule has 0 bridgehead atoms.